The maximum absolute atomic E-state index is 12.6. The van der Waals surface area contributed by atoms with Gasteiger partial charge < -0.3 is 10.0 Å². The molecule has 3 rings (SSSR count). The highest BCUT2D eigenvalue weighted by atomic mass is 16.3. The Morgan fingerprint density at radius 2 is 2.20 bits per heavy atom. The number of rotatable bonds is 3. The molecule has 0 bridgehead atoms. The van der Waals surface area contributed by atoms with Gasteiger partial charge in [0.2, 0.25) is 5.91 Å². The zero-order valence-electron chi connectivity index (χ0n) is 12.0. The lowest BCUT2D eigenvalue weighted by Gasteiger charge is -2.25. The van der Waals surface area contributed by atoms with Gasteiger partial charge >= 0.3 is 0 Å². The molecule has 1 N–H and O–H groups in total. The fourth-order valence-corrected chi connectivity index (χ4v) is 3.42. The smallest absolute Gasteiger partial charge is 0.241 e. The molecule has 2 aliphatic heterocycles. The van der Waals surface area contributed by atoms with Gasteiger partial charge in [0, 0.05) is 24.9 Å². The first-order chi connectivity index (χ1) is 9.69. The highest BCUT2D eigenvalue weighted by molar-refractivity contribution is 5.97. The van der Waals surface area contributed by atoms with Gasteiger partial charge in [-0.25, -0.2) is 0 Å². The minimum atomic E-state index is 0.182. The molecule has 0 aliphatic carbocycles. The van der Waals surface area contributed by atoms with Crippen molar-refractivity contribution in [2.24, 2.45) is 5.92 Å². The van der Waals surface area contributed by atoms with Gasteiger partial charge in [-0.3, -0.25) is 9.69 Å². The molecule has 0 aromatic heterocycles. The van der Waals surface area contributed by atoms with Gasteiger partial charge in [-0.1, -0.05) is 18.2 Å². The van der Waals surface area contributed by atoms with Crippen molar-refractivity contribution in [1.29, 1.82) is 0 Å². The number of hydrogen-bond acceptors (Lipinski definition) is 3. The number of para-hydroxylation sites is 1. The van der Waals surface area contributed by atoms with E-state index in [4.69, 9.17) is 0 Å². The molecule has 108 valence electrons. The fraction of sp³-hybridized carbons (Fsp3) is 0.562. The summed E-state index contributed by atoms with van der Waals surface area (Å²) in [7, 11) is 0. The van der Waals surface area contributed by atoms with Crippen LogP contribution in [0.2, 0.25) is 0 Å². The van der Waals surface area contributed by atoms with E-state index in [1.807, 2.05) is 23.1 Å². The van der Waals surface area contributed by atoms with E-state index in [9.17, 15) is 9.90 Å². The SMILES string of the molecule is CC1Cc2ccccc2N1C(=O)CN1CCC(CO)C1. The van der Waals surface area contributed by atoms with E-state index in [2.05, 4.69) is 17.9 Å². The van der Waals surface area contributed by atoms with Crippen molar-refractivity contribution >= 4 is 11.6 Å². The molecule has 2 unspecified atom stereocenters. The van der Waals surface area contributed by atoms with Crippen LogP contribution in [-0.4, -0.2) is 48.2 Å². The zero-order chi connectivity index (χ0) is 14.1. The van der Waals surface area contributed by atoms with Crippen LogP contribution in [0.25, 0.3) is 0 Å². The van der Waals surface area contributed by atoms with Crippen LogP contribution >= 0.6 is 0 Å². The Balaban J connectivity index is 1.69. The van der Waals surface area contributed by atoms with Crippen molar-refractivity contribution in [3.8, 4) is 0 Å². The van der Waals surface area contributed by atoms with Crippen molar-refractivity contribution in [2.45, 2.75) is 25.8 Å². The zero-order valence-corrected chi connectivity index (χ0v) is 12.0. The summed E-state index contributed by atoms with van der Waals surface area (Å²) in [5.74, 6) is 0.520. The predicted octanol–water partition coefficient (Wildman–Crippen LogP) is 1.28. The Bertz CT molecular complexity index is 503. The monoisotopic (exact) mass is 274 g/mol. The normalized spacial score (nSPS) is 26.0. The summed E-state index contributed by atoms with van der Waals surface area (Å²) in [5, 5.41) is 9.18. The fourth-order valence-electron chi connectivity index (χ4n) is 3.42. The highest BCUT2D eigenvalue weighted by Gasteiger charge is 2.32. The number of likely N-dealkylation sites (tertiary alicyclic amines) is 1. The molecule has 2 atom stereocenters. The topological polar surface area (TPSA) is 43.8 Å². The number of amides is 1. The van der Waals surface area contributed by atoms with E-state index in [1.165, 1.54) is 5.56 Å². The Morgan fingerprint density at radius 3 is 2.95 bits per heavy atom. The molecule has 1 aromatic carbocycles. The van der Waals surface area contributed by atoms with Gasteiger partial charge in [-0.05, 0) is 43.9 Å². The first-order valence-electron chi connectivity index (χ1n) is 7.42. The van der Waals surface area contributed by atoms with Crippen molar-refractivity contribution in [3.05, 3.63) is 29.8 Å². The number of hydrogen-bond donors (Lipinski definition) is 1. The van der Waals surface area contributed by atoms with Gasteiger partial charge in [0.25, 0.3) is 0 Å². The highest BCUT2D eigenvalue weighted by Crippen LogP contribution is 2.32. The van der Waals surface area contributed by atoms with Gasteiger partial charge in [0.05, 0.1) is 6.54 Å². The van der Waals surface area contributed by atoms with Crippen LogP contribution in [0.3, 0.4) is 0 Å². The van der Waals surface area contributed by atoms with Crippen LogP contribution in [0.1, 0.15) is 18.9 Å². The van der Waals surface area contributed by atoms with Gasteiger partial charge in [0.15, 0.2) is 0 Å². The first-order valence-corrected chi connectivity index (χ1v) is 7.42. The van der Waals surface area contributed by atoms with E-state index in [-0.39, 0.29) is 18.6 Å². The van der Waals surface area contributed by atoms with E-state index < -0.39 is 0 Å². The summed E-state index contributed by atoms with van der Waals surface area (Å²) < 4.78 is 0. The second-order valence-electron chi connectivity index (χ2n) is 6.02. The molecule has 2 heterocycles. The maximum atomic E-state index is 12.6. The van der Waals surface area contributed by atoms with E-state index in [1.54, 1.807) is 0 Å². The maximum Gasteiger partial charge on any atom is 0.241 e. The largest absolute Gasteiger partial charge is 0.396 e. The Kier molecular flexibility index (Phi) is 3.76. The van der Waals surface area contributed by atoms with Crippen molar-refractivity contribution < 1.29 is 9.90 Å². The standard InChI is InChI=1S/C16H22N2O2/c1-12-8-14-4-2-3-5-15(14)18(12)16(20)10-17-7-6-13(9-17)11-19/h2-5,12-13,19H,6-11H2,1H3. The summed E-state index contributed by atoms with van der Waals surface area (Å²) in [6, 6.07) is 8.42. The number of carbonyl (C=O) groups is 1. The molecule has 4 heteroatoms. The third kappa shape index (κ3) is 2.45. The van der Waals surface area contributed by atoms with Gasteiger partial charge in [-0.2, -0.15) is 0 Å². The van der Waals surface area contributed by atoms with Crippen LogP contribution in [0, 0.1) is 5.92 Å². The second kappa shape index (κ2) is 5.54. The summed E-state index contributed by atoms with van der Waals surface area (Å²) >= 11 is 0. The number of fused-ring (bicyclic) bond motifs is 1. The minimum Gasteiger partial charge on any atom is -0.396 e. The third-order valence-corrected chi connectivity index (χ3v) is 4.46. The Labute approximate surface area is 120 Å². The van der Waals surface area contributed by atoms with Crippen molar-refractivity contribution in [3.63, 3.8) is 0 Å². The van der Waals surface area contributed by atoms with Crippen molar-refractivity contribution in [1.82, 2.24) is 4.90 Å². The Hall–Kier alpha value is -1.39. The molecule has 2 aliphatic rings. The number of benzene rings is 1. The molecular formula is C16H22N2O2. The summed E-state index contributed by atoms with van der Waals surface area (Å²) in [4.78, 5) is 16.7. The second-order valence-corrected chi connectivity index (χ2v) is 6.02. The molecule has 0 radical (unpaired) electrons. The number of aliphatic hydroxyl groups is 1. The van der Waals surface area contributed by atoms with Crippen LogP contribution in [0.4, 0.5) is 5.69 Å². The molecule has 0 spiro atoms. The van der Waals surface area contributed by atoms with Crippen LogP contribution in [-0.2, 0) is 11.2 Å². The molecule has 1 aromatic rings. The lowest BCUT2D eigenvalue weighted by Crippen LogP contribution is -2.42. The van der Waals surface area contributed by atoms with Crippen LogP contribution in [0.5, 0.6) is 0 Å². The molecule has 20 heavy (non-hydrogen) atoms. The predicted molar refractivity (Wildman–Crippen MR) is 78.7 cm³/mol. The number of anilines is 1. The van der Waals surface area contributed by atoms with E-state index >= 15 is 0 Å². The number of nitrogens with zero attached hydrogens (tertiary/aromatic N) is 2. The van der Waals surface area contributed by atoms with Gasteiger partial charge in [0.1, 0.15) is 0 Å². The molecule has 0 saturated carbocycles. The molecule has 1 saturated heterocycles. The Morgan fingerprint density at radius 1 is 1.40 bits per heavy atom. The number of carbonyl (C=O) groups excluding carboxylic acids is 1. The average Bonchev–Trinajstić information content (AvgIpc) is 3.01. The molecule has 4 nitrogen and oxygen atoms in total. The van der Waals surface area contributed by atoms with Crippen LogP contribution in [0.15, 0.2) is 24.3 Å². The minimum absolute atomic E-state index is 0.182. The quantitative estimate of drug-likeness (QED) is 0.903. The summed E-state index contributed by atoms with van der Waals surface area (Å²) in [6.07, 6.45) is 1.94. The molecule has 1 amide bonds. The lowest BCUT2D eigenvalue weighted by atomic mass is 10.1. The third-order valence-electron chi connectivity index (χ3n) is 4.46. The summed E-state index contributed by atoms with van der Waals surface area (Å²) in [5.41, 5.74) is 2.34. The van der Waals surface area contributed by atoms with Crippen molar-refractivity contribution in [2.75, 3.05) is 31.1 Å². The van der Waals surface area contributed by atoms with E-state index in [0.29, 0.717) is 12.5 Å². The average molecular weight is 274 g/mol. The lowest BCUT2D eigenvalue weighted by molar-refractivity contribution is -0.119. The first kappa shape index (κ1) is 13.6. The summed E-state index contributed by atoms with van der Waals surface area (Å²) in [6.45, 7) is 4.56. The van der Waals surface area contributed by atoms with Crippen LogP contribution < -0.4 is 4.90 Å². The molecular weight excluding hydrogens is 252 g/mol. The van der Waals surface area contributed by atoms with E-state index in [0.717, 1.165) is 31.6 Å². The van der Waals surface area contributed by atoms with Gasteiger partial charge in [-0.15, -0.1) is 0 Å². The number of aliphatic hydroxyl groups excluding tert-OH is 1. The molecule has 1 fully saturated rings.